The number of hydrogen-bond donors (Lipinski definition) is 0. The maximum atomic E-state index is 16.1. The van der Waals surface area contributed by atoms with E-state index in [-0.39, 0.29) is 94.3 Å². The van der Waals surface area contributed by atoms with E-state index in [1.54, 1.807) is 0 Å². The highest BCUT2D eigenvalue weighted by Crippen LogP contribution is 2.49. The zero-order valence-corrected chi connectivity index (χ0v) is 46.4. The first-order valence-corrected chi connectivity index (χ1v) is 27.8. The molecule has 4 aromatic carbocycles. The summed E-state index contributed by atoms with van der Waals surface area (Å²) >= 11 is 2.26. The van der Waals surface area contributed by atoms with Crippen molar-refractivity contribution in [3.8, 4) is 44.7 Å². The lowest BCUT2D eigenvalue weighted by Crippen LogP contribution is -2.17. The van der Waals surface area contributed by atoms with Gasteiger partial charge in [0.25, 0.3) is 10.4 Å². The Kier molecular flexibility index (Phi) is 15.2. The number of carbonyl (C=O) groups is 2. The van der Waals surface area contributed by atoms with Crippen LogP contribution in [0.5, 0.6) is 22.1 Å². The number of fused-ring (bicyclic) bond motifs is 2. The van der Waals surface area contributed by atoms with Gasteiger partial charge in [0.15, 0.2) is 33.3 Å². The molecule has 2 aliphatic carbocycles. The van der Waals surface area contributed by atoms with Gasteiger partial charge in [-0.25, -0.2) is 55.9 Å². The summed E-state index contributed by atoms with van der Waals surface area (Å²) in [5.74, 6) is -10.3. The third-order valence-electron chi connectivity index (χ3n) is 14.9. The molecule has 17 nitrogen and oxygen atoms in total. The minimum Gasteiger partial charge on any atom is -0.472 e. The summed E-state index contributed by atoms with van der Waals surface area (Å²) in [4.78, 5) is 45.4. The standard InChI is InChI=1S/C58H44F8N10O7S2/c1-79-55-73-71-47(84-55)23-81-45-7-3-5-37(69-45)33-19-35(61)31(49(63)51(33)65)21-43-67-39-11-9-29(17-41(39)75(43)27-57(25-59)13-14-57)53(77)83-54(78)30-10-12-40-42(18-30)76(28-58(26-60)15-16-58)44(68-40)22-32-36(62)20-34(52(66)50(32)64)38-6-4-8-46(70-38)82-24-48-72-74-56(80-2)85-48/h3-12,17-20H,13-16,21-28H2,1-2H3. The van der Waals surface area contributed by atoms with Crippen molar-refractivity contribution in [2.24, 2.45) is 10.8 Å². The van der Waals surface area contributed by atoms with E-state index in [9.17, 15) is 18.4 Å². The molecule has 27 heteroatoms. The third kappa shape index (κ3) is 11.4. The molecule has 6 aromatic heterocycles. The predicted molar refractivity (Wildman–Crippen MR) is 291 cm³/mol. The van der Waals surface area contributed by atoms with E-state index < -0.39 is 106 Å². The molecule has 0 amide bonds. The van der Waals surface area contributed by atoms with Crippen molar-refractivity contribution in [1.82, 2.24) is 49.5 Å². The molecule has 0 aliphatic heterocycles. The van der Waals surface area contributed by atoms with Gasteiger partial charge in [0.05, 0.1) is 72.2 Å². The highest BCUT2D eigenvalue weighted by atomic mass is 32.1. The Morgan fingerprint density at radius 2 is 0.965 bits per heavy atom. The van der Waals surface area contributed by atoms with Gasteiger partial charge in [0.2, 0.25) is 11.8 Å². The van der Waals surface area contributed by atoms with Gasteiger partial charge in [-0.3, -0.25) is 8.78 Å². The maximum Gasteiger partial charge on any atom is 0.346 e. The lowest BCUT2D eigenvalue weighted by atomic mass is 10.0. The average Bonchev–Trinajstić information content (AvgIpc) is 2.21. The van der Waals surface area contributed by atoms with Gasteiger partial charge in [-0.05, 0) is 86.3 Å². The number of esters is 2. The Morgan fingerprint density at radius 3 is 1.34 bits per heavy atom. The minimum absolute atomic E-state index is 0.0143. The first-order chi connectivity index (χ1) is 41.1. The van der Waals surface area contributed by atoms with E-state index in [0.29, 0.717) is 46.1 Å². The summed E-state index contributed by atoms with van der Waals surface area (Å²) in [6.45, 7) is -1.66. The molecule has 0 spiro atoms. The number of halogens is 8. The van der Waals surface area contributed by atoms with Crippen molar-refractivity contribution >= 4 is 56.7 Å². The van der Waals surface area contributed by atoms with Crippen LogP contribution in [0, 0.1) is 45.7 Å². The van der Waals surface area contributed by atoms with Gasteiger partial charge in [-0.15, -0.1) is 10.2 Å². The zero-order valence-electron chi connectivity index (χ0n) is 44.7. The van der Waals surface area contributed by atoms with E-state index in [4.69, 9.17) is 23.7 Å². The van der Waals surface area contributed by atoms with E-state index in [0.717, 1.165) is 34.8 Å². The van der Waals surface area contributed by atoms with Crippen LogP contribution in [0.15, 0.2) is 84.9 Å². The molecule has 2 fully saturated rings. The number of hydrogen-bond acceptors (Lipinski definition) is 17. The fourth-order valence-electron chi connectivity index (χ4n) is 9.71. The van der Waals surface area contributed by atoms with Gasteiger partial charge in [-0.2, -0.15) is 0 Å². The van der Waals surface area contributed by atoms with E-state index in [1.165, 1.54) is 96.2 Å². The van der Waals surface area contributed by atoms with E-state index in [2.05, 4.69) is 40.3 Å². The van der Waals surface area contributed by atoms with Crippen LogP contribution in [0.1, 0.15) is 79.2 Å². The third-order valence-corrected chi connectivity index (χ3v) is 16.6. The number of benzene rings is 4. The van der Waals surface area contributed by atoms with Crippen LogP contribution in [-0.4, -0.2) is 89.0 Å². The smallest absolute Gasteiger partial charge is 0.346 e. The van der Waals surface area contributed by atoms with Crippen molar-refractivity contribution in [2.75, 3.05) is 27.6 Å². The number of alkyl halides is 2. The summed E-state index contributed by atoms with van der Waals surface area (Å²) in [7, 11) is 2.87. The molecule has 0 N–H and O–H groups in total. The highest BCUT2D eigenvalue weighted by molar-refractivity contribution is 7.13. The Bertz CT molecular complexity index is 4000. The molecule has 0 saturated heterocycles. The summed E-state index contributed by atoms with van der Waals surface area (Å²) in [5, 5.41) is 17.0. The van der Waals surface area contributed by atoms with Crippen LogP contribution < -0.4 is 18.9 Å². The summed E-state index contributed by atoms with van der Waals surface area (Å²) in [5.41, 5.74) is -3.70. The Hall–Kier alpha value is -8.98. The molecule has 0 unspecified atom stereocenters. The highest BCUT2D eigenvalue weighted by Gasteiger charge is 2.45. The molecule has 12 rings (SSSR count). The van der Waals surface area contributed by atoms with Crippen LogP contribution in [0.3, 0.4) is 0 Å². The second-order valence-electron chi connectivity index (χ2n) is 20.6. The number of aromatic nitrogens is 10. The van der Waals surface area contributed by atoms with Crippen molar-refractivity contribution in [3.63, 3.8) is 0 Å². The van der Waals surface area contributed by atoms with E-state index in [1.807, 2.05) is 0 Å². The number of nitrogens with zero attached hydrogens (tertiary/aromatic N) is 10. The first kappa shape index (κ1) is 56.5. The number of carbonyl (C=O) groups excluding carboxylic acids is 2. The number of rotatable bonds is 22. The molecule has 85 heavy (non-hydrogen) atoms. The quantitative estimate of drug-likeness (QED) is 0.0269. The molecule has 0 atom stereocenters. The van der Waals surface area contributed by atoms with Crippen LogP contribution in [0.2, 0.25) is 0 Å². The van der Waals surface area contributed by atoms with Crippen LogP contribution in [-0.2, 0) is 43.9 Å². The van der Waals surface area contributed by atoms with Gasteiger partial charge in [0.1, 0.15) is 36.5 Å². The summed E-state index contributed by atoms with van der Waals surface area (Å²) in [6, 6.07) is 18.3. The molecule has 10 aromatic rings. The first-order valence-electron chi connectivity index (χ1n) is 26.2. The van der Waals surface area contributed by atoms with Crippen molar-refractivity contribution in [2.45, 2.75) is 64.8 Å². The monoisotopic (exact) mass is 1210 g/mol. The predicted octanol–water partition coefficient (Wildman–Crippen LogP) is 11.9. The molecule has 2 aliphatic rings. The lowest BCUT2D eigenvalue weighted by Gasteiger charge is -2.17. The molecule has 0 radical (unpaired) electrons. The van der Waals surface area contributed by atoms with Crippen LogP contribution in [0.25, 0.3) is 44.6 Å². The fraction of sp³-hybridized carbons (Fsp3) is 0.276. The molecule has 6 heterocycles. The number of ether oxygens (including phenoxy) is 5. The van der Waals surface area contributed by atoms with Gasteiger partial charge >= 0.3 is 11.9 Å². The number of pyridine rings is 2. The zero-order chi connectivity index (χ0) is 59.3. The maximum absolute atomic E-state index is 16.1. The fourth-order valence-corrected chi connectivity index (χ4v) is 10.8. The Balaban J connectivity index is 0.786. The van der Waals surface area contributed by atoms with Gasteiger partial charge in [0, 0.05) is 71.1 Å². The topological polar surface area (TPSA) is 193 Å². The number of imidazole rings is 2. The molecule has 436 valence electrons. The largest absolute Gasteiger partial charge is 0.472 e. The Labute approximate surface area is 484 Å². The molecule has 2 saturated carbocycles. The van der Waals surface area contributed by atoms with Crippen LogP contribution >= 0.6 is 22.7 Å². The lowest BCUT2D eigenvalue weighted by molar-refractivity contribution is 0.0397. The average molecular weight is 1210 g/mol. The normalized spacial score (nSPS) is 14.0. The number of methoxy groups -OCH3 is 2. The van der Waals surface area contributed by atoms with Crippen molar-refractivity contribution in [1.29, 1.82) is 0 Å². The summed E-state index contributed by atoms with van der Waals surface area (Å²) in [6.07, 6.45) is 0.713. The molecule has 0 bridgehead atoms. The van der Waals surface area contributed by atoms with Gasteiger partial charge in [-0.1, -0.05) is 45.0 Å². The minimum atomic E-state index is -1.51. The molecular formula is C58H44F8N10O7S2. The van der Waals surface area contributed by atoms with Crippen LogP contribution in [0.4, 0.5) is 35.1 Å². The Morgan fingerprint density at radius 1 is 0.541 bits per heavy atom. The van der Waals surface area contributed by atoms with Gasteiger partial charge < -0.3 is 32.8 Å². The second-order valence-corrected chi connectivity index (χ2v) is 22.6. The second kappa shape index (κ2) is 22.9. The van der Waals surface area contributed by atoms with Crippen molar-refractivity contribution in [3.05, 3.63) is 164 Å². The van der Waals surface area contributed by atoms with E-state index >= 15 is 26.3 Å². The molecular weight excluding hydrogens is 1160 g/mol. The van der Waals surface area contributed by atoms with Crippen molar-refractivity contribution < 1.29 is 68.4 Å². The SMILES string of the molecule is COc1nnc(COc2cccc(-c3cc(F)c(Cc4nc5ccc(C(=O)OC(=O)c6ccc7nc(Cc8c(F)cc(-c9cccc(OCc%10nnc(OC)s%10)n9)c(F)c8F)n(CC8(CF)CC8)c7c6)cc5n4CC4(CF)CC4)c(F)c3F)n2)s1. The summed E-state index contributed by atoms with van der Waals surface area (Å²) < 4.78 is 155.